The van der Waals surface area contributed by atoms with Crippen molar-refractivity contribution in [1.29, 1.82) is 0 Å². The second kappa shape index (κ2) is 7.73. The third-order valence-electron chi connectivity index (χ3n) is 5.47. The molecule has 0 radical (unpaired) electrons. The monoisotopic (exact) mass is 408 g/mol. The van der Waals surface area contributed by atoms with Crippen LogP contribution in [0.2, 0.25) is 0 Å². The summed E-state index contributed by atoms with van der Waals surface area (Å²) in [7, 11) is 0. The summed E-state index contributed by atoms with van der Waals surface area (Å²) in [5.41, 5.74) is 6.64. The number of thiophene rings is 1. The van der Waals surface area contributed by atoms with E-state index < -0.39 is 0 Å². The minimum atomic E-state index is 0.00615. The standard InChI is InChI=1S/C26H20N2OS/c1-18-7-5-6-10-22(18)15-28-17-27-25-24(26(28)29)23(16-30-25)21-13-11-20(12-14-21)19-8-3-2-4-9-19/h2-14,16-17H,15H2,1H3. The first-order chi connectivity index (χ1) is 14.7. The Labute approximate surface area is 178 Å². The topological polar surface area (TPSA) is 34.9 Å². The van der Waals surface area contributed by atoms with Crippen LogP contribution in [-0.4, -0.2) is 9.55 Å². The van der Waals surface area contributed by atoms with Gasteiger partial charge in [0.25, 0.3) is 5.56 Å². The van der Waals surface area contributed by atoms with E-state index in [1.165, 1.54) is 22.5 Å². The van der Waals surface area contributed by atoms with Crippen molar-refractivity contribution >= 4 is 21.6 Å². The number of hydrogen-bond donors (Lipinski definition) is 0. The molecule has 0 N–H and O–H groups in total. The second-order valence-corrected chi connectivity index (χ2v) is 8.24. The highest BCUT2D eigenvalue weighted by Gasteiger charge is 2.14. The summed E-state index contributed by atoms with van der Waals surface area (Å²) < 4.78 is 1.71. The van der Waals surface area contributed by atoms with Crippen LogP contribution in [0.3, 0.4) is 0 Å². The molecule has 0 saturated carbocycles. The molecule has 0 spiro atoms. The van der Waals surface area contributed by atoms with Gasteiger partial charge in [0.2, 0.25) is 0 Å². The maximum absolute atomic E-state index is 13.3. The molecule has 5 rings (SSSR count). The minimum absolute atomic E-state index is 0.00615. The van der Waals surface area contributed by atoms with Gasteiger partial charge in [-0.05, 0) is 34.7 Å². The summed E-state index contributed by atoms with van der Waals surface area (Å²) in [5, 5.41) is 2.73. The molecular weight excluding hydrogens is 388 g/mol. The fraction of sp³-hybridized carbons (Fsp3) is 0.0769. The number of fused-ring (bicyclic) bond motifs is 1. The van der Waals surface area contributed by atoms with Crippen LogP contribution < -0.4 is 5.56 Å². The molecule has 0 aliphatic heterocycles. The summed E-state index contributed by atoms with van der Waals surface area (Å²) >= 11 is 1.52. The fourth-order valence-electron chi connectivity index (χ4n) is 3.74. The van der Waals surface area contributed by atoms with Crippen LogP contribution in [0.1, 0.15) is 11.1 Å². The normalized spacial score (nSPS) is 11.1. The maximum Gasteiger partial charge on any atom is 0.263 e. The summed E-state index contributed by atoms with van der Waals surface area (Å²) in [6.07, 6.45) is 1.66. The van der Waals surface area contributed by atoms with E-state index >= 15 is 0 Å². The highest BCUT2D eigenvalue weighted by Crippen LogP contribution is 2.32. The molecule has 0 aliphatic rings. The van der Waals surface area contributed by atoms with Gasteiger partial charge in [-0.1, -0.05) is 78.9 Å². The number of rotatable bonds is 4. The van der Waals surface area contributed by atoms with Crippen molar-refractivity contribution in [3.63, 3.8) is 0 Å². The molecule has 30 heavy (non-hydrogen) atoms. The first-order valence-corrected chi connectivity index (χ1v) is 10.8. The van der Waals surface area contributed by atoms with Gasteiger partial charge in [-0.25, -0.2) is 4.98 Å². The van der Waals surface area contributed by atoms with Crippen LogP contribution in [0.25, 0.3) is 32.5 Å². The molecule has 0 unspecified atom stereocenters. The zero-order valence-corrected chi connectivity index (χ0v) is 17.4. The van der Waals surface area contributed by atoms with Gasteiger partial charge < -0.3 is 0 Å². The predicted octanol–water partition coefficient (Wildman–Crippen LogP) is 6.15. The Morgan fingerprint density at radius 3 is 2.27 bits per heavy atom. The zero-order chi connectivity index (χ0) is 20.5. The Kier molecular flexibility index (Phi) is 4.77. The van der Waals surface area contributed by atoms with E-state index in [0.29, 0.717) is 11.9 Å². The Morgan fingerprint density at radius 1 is 0.833 bits per heavy atom. The van der Waals surface area contributed by atoms with Crippen molar-refractivity contribution < 1.29 is 0 Å². The molecule has 3 nitrogen and oxygen atoms in total. The number of aryl methyl sites for hydroxylation is 1. The number of nitrogens with zero attached hydrogens (tertiary/aromatic N) is 2. The van der Waals surface area contributed by atoms with Crippen molar-refractivity contribution in [2.75, 3.05) is 0 Å². The van der Waals surface area contributed by atoms with Gasteiger partial charge in [-0.15, -0.1) is 11.3 Å². The van der Waals surface area contributed by atoms with Crippen LogP contribution in [-0.2, 0) is 6.54 Å². The Balaban J connectivity index is 1.56. The van der Waals surface area contributed by atoms with Gasteiger partial charge in [0.15, 0.2) is 0 Å². The van der Waals surface area contributed by atoms with E-state index in [9.17, 15) is 4.79 Å². The lowest BCUT2D eigenvalue weighted by Crippen LogP contribution is -2.21. The number of aromatic nitrogens is 2. The van der Waals surface area contributed by atoms with E-state index in [-0.39, 0.29) is 5.56 Å². The van der Waals surface area contributed by atoms with Crippen molar-refractivity contribution in [2.24, 2.45) is 0 Å². The molecule has 0 saturated heterocycles. The van der Waals surface area contributed by atoms with Gasteiger partial charge in [0, 0.05) is 10.9 Å². The average Bonchev–Trinajstić information content (AvgIpc) is 3.23. The van der Waals surface area contributed by atoms with Crippen LogP contribution in [0.5, 0.6) is 0 Å². The molecule has 4 heteroatoms. The van der Waals surface area contributed by atoms with Crippen LogP contribution in [0.4, 0.5) is 0 Å². The highest BCUT2D eigenvalue weighted by atomic mass is 32.1. The van der Waals surface area contributed by atoms with E-state index in [4.69, 9.17) is 0 Å². The maximum atomic E-state index is 13.3. The van der Waals surface area contributed by atoms with Gasteiger partial charge in [0.05, 0.1) is 18.3 Å². The van der Waals surface area contributed by atoms with Gasteiger partial charge in [-0.2, -0.15) is 0 Å². The van der Waals surface area contributed by atoms with E-state index in [1.54, 1.807) is 10.9 Å². The first kappa shape index (κ1) is 18.5. The summed E-state index contributed by atoms with van der Waals surface area (Å²) in [6, 6.07) is 26.8. The molecule has 0 bridgehead atoms. The largest absolute Gasteiger partial charge is 0.294 e. The van der Waals surface area contributed by atoms with Gasteiger partial charge >= 0.3 is 0 Å². The molecular formula is C26H20N2OS. The van der Waals surface area contributed by atoms with E-state index in [1.807, 2.05) is 35.7 Å². The third-order valence-corrected chi connectivity index (χ3v) is 6.35. The Bertz CT molecular complexity index is 1380. The van der Waals surface area contributed by atoms with E-state index in [2.05, 4.69) is 60.4 Å². The molecule has 0 atom stereocenters. The quantitative estimate of drug-likeness (QED) is 0.357. The number of benzene rings is 3. The van der Waals surface area contributed by atoms with Crippen LogP contribution in [0.15, 0.2) is 95.4 Å². The first-order valence-electron chi connectivity index (χ1n) is 9.88. The molecule has 146 valence electrons. The lowest BCUT2D eigenvalue weighted by atomic mass is 10.0. The Morgan fingerprint density at radius 2 is 1.50 bits per heavy atom. The second-order valence-electron chi connectivity index (χ2n) is 7.38. The molecule has 0 fully saturated rings. The lowest BCUT2D eigenvalue weighted by Gasteiger charge is -2.09. The predicted molar refractivity (Wildman–Crippen MR) is 125 cm³/mol. The zero-order valence-electron chi connectivity index (χ0n) is 16.6. The molecule has 0 aliphatic carbocycles. The van der Waals surface area contributed by atoms with Crippen molar-refractivity contribution in [2.45, 2.75) is 13.5 Å². The SMILES string of the molecule is Cc1ccccc1Cn1cnc2scc(-c3ccc(-c4ccccc4)cc3)c2c1=O. The molecule has 5 aromatic rings. The Hall–Kier alpha value is -3.50. The van der Waals surface area contributed by atoms with Crippen molar-refractivity contribution in [3.8, 4) is 22.3 Å². The smallest absolute Gasteiger partial charge is 0.263 e. The van der Waals surface area contributed by atoms with Crippen molar-refractivity contribution in [1.82, 2.24) is 9.55 Å². The van der Waals surface area contributed by atoms with Crippen LogP contribution >= 0.6 is 11.3 Å². The fourth-order valence-corrected chi connectivity index (χ4v) is 4.64. The highest BCUT2D eigenvalue weighted by molar-refractivity contribution is 7.17. The molecule has 0 amide bonds. The lowest BCUT2D eigenvalue weighted by molar-refractivity contribution is 0.745. The summed E-state index contributed by atoms with van der Waals surface area (Å²) in [6.45, 7) is 2.59. The molecule has 2 aromatic heterocycles. The average molecular weight is 409 g/mol. The van der Waals surface area contributed by atoms with Crippen molar-refractivity contribution in [3.05, 3.63) is 112 Å². The number of hydrogen-bond acceptors (Lipinski definition) is 3. The molecule has 2 heterocycles. The summed E-state index contributed by atoms with van der Waals surface area (Å²) in [4.78, 5) is 18.7. The van der Waals surface area contributed by atoms with Crippen LogP contribution in [0, 0.1) is 6.92 Å². The molecule has 3 aromatic carbocycles. The van der Waals surface area contributed by atoms with E-state index in [0.717, 1.165) is 27.1 Å². The summed E-state index contributed by atoms with van der Waals surface area (Å²) in [5.74, 6) is 0. The van der Waals surface area contributed by atoms with Gasteiger partial charge in [-0.3, -0.25) is 9.36 Å². The third kappa shape index (κ3) is 3.36. The minimum Gasteiger partial charge on any atom is -0.294 e. The van der Waals surface area contributed by atoms with Gasteiger partial charge in [0.1, 0.15) is 4.83 Å².